The van der Waals surface area contributed by atoms with Gasteiger partial charge in [0.15, 0.2) is 0 Å². The molecule has 1 amide bonds. The Bertz CT molecular complexity index is 767. The van der Waals surface area contributed by atoms with Crippen LogP contribution in [0.25, 0.3) is 0 Å². The fraction of sp³-hybridized carbons (Fsp3) is 0.308. The Labute approximate surface area is 147 Å². The van der Waals surface area contributed by atoms with Gasteiger partial charge in [-0.1, -0.05) is 0 Å². The number of halogens is 10. The molecule has 1 N–H and O–H groups in total. The van der Waals surface area contributed by atoms with Gasteiger partial charge in [-0.25, -0.2) is 9.59 Å². The zero-order valence-corrected chi connectivity index (χ0v) is 12.7. The van der Waals surface area contributed by atoms with Crippen molar-refractivity contribution >= 4 is 23.5 Å². The second-order valence-electron chi connectivity index (χ2n) is 4.85. The van der Waals surface area contributed by atoms with E-state index in [1.807, 2.05) is 0 Å². The van der Waals surface area contributed by atoms with Crippen molar-refractivity contribution in [1.82, 2.24) is 0 Å². The second-order valence-corrected chi connectivity index (χ2v) is 4.85. The van der Waals surface area contributed by atoms with Crippen LogP contribution in [0, 0.1) is 0 Å². The highest BCUT2D eigenvalue weighted by Gasteiger charge is 2.65. The molecule has 0 heterocycles. The smallest absolute Gasteiger partial charge is 0.385 e. The molecular formula is C13H5F10NO4. The van der Waals surface area contributed by atoms with Crippen LogP contribution in [0.2, 0.25) is 0 Å². The Morgan fingerprint density at radius 3 is 1.54 bits per heavy atom. The van der Waals surface area contributed by atoms with Gasteiger partial charge < -0.3 is 10.1 Å². The minimum absolute atomic E-state index is 0.489. The van der Waals surface area contributed by atoms with E-state index in [4.69, 9.17) is 0 Å². The van der Waals surface area contributed by atoms with Crippen LogP contribution in [0.1, 0.15) is 10.4 Å². The van der Waals surface area contributed by atoms with Crippen LogP contribution < -0.4 is 5.32 Å². The molecule has 0 radical (unpaired) electrons. The number of esters is 2. The van der Waals surface area contributed by atoms with Gasteiger partial charge in [-0.05, 0) is 24.3 Å². The summed E-state index contributed by atoms with van der Waals surface area (Å²) in [5.74, 6) is -19.8. The number of anilines is 1. The quantitative estimate of drug-likeness (QED) is 0.450. The van der Waals surface area contributed by atoms with E-state index in [1.54, 1.807) is 0 Å². The average molecular weight is 429 g/mol. The highest BCUT2D eigenvalue weighted by Crippen LogP contribution is 2.37. The molecule has 1 aromatic carbocycles. The van der Waals surface area contributed by atoms with Crippen molar-refractivity contribution in [3.63, 3.8) is 0 Å². The largest absolute Gasteiger partial charge is 0.465 e. The van der Waals surface area contributed by atoms with Gasteiger partial charge in [-0.15, -0.1) is 0 Å². The number of carbonyl (C=O) groups is 3. The normalized spacial score (nSPS) is 13.1. The summed E-state index contributed by atoms with van der Waals surface area (Å²) in [5.41, 5.74) is -1.58. The number of hydrogen-bond donors (Lipinski definition) is 1. The molecule has 0 atom stereocenters. The van der Waals surface area contributed by atoms with Crippen molar-refractivity contribution in [2.24, 2.45) is 0 Å². The van der Waals surface area contributed by atoms with Gasteiger partial charge in [0.1, 0.15) is 0 Å². The molecule has 156 valence electrons. The van der Waals surface area contributed by atoms with Gasteiger partial charge in [0, 0.05) is 5.69 Å². The Morgan fingerprint density at radius 2 is 1.14 bits per heavy atom. The first-order valence-corrected chi connectivity index (χ1v) is 6.48. The van der Waals surface area contributed by atoms with Crippen LogP contribution >= 0.6 is 0 Å². The van der Waals surface area contributed by atoms with Gasteiger partial charge in [-0.2, -0.15) is 43.9 Å². The van der Waals surface area contributed by atoms with E-state index < -0.39 is 53.3 Å². The highest BCUT2D eigenvalue weighted by molar-refractivity contribution is 6.00. The molecule has 5 nitrogen and oxygen atoms in total. The third-order valence-corrected chi connectivity index (χ3v) is 2.82. The number of amides is 1. The summed E-state index contributed by atoms with van der Waals surface area (Å²) in [7, 11) is 0. The molecule has 1 aromatic rings. The average Bonchev–Trinajstić information content (AvgIpc) is 2.53. The lowest BCUT2D eigenvalue weighted by atomic mass is 10.2. The Balaban J connectivity index is 2.87. The van der Waals surface area contributed by atoms with Gasteiger partial charge in [-0.3, -0.25) is 4.79 Å². The molecule has 0 aliphatic carbocycles. The zero-order chi connectivity index (χ0) is 22.1. The summed E-state index contributed by atoms with van der Waals surface area (Å²) >= 11 is 0. The second kappa shape index (κ2) is 7.27. The lowest BCUT2D eigenvalue weighted by molar-refractivity contribution is -0.277. The highest BCUT2D eigenvalue weighted by atomic mass is 19.4. The zero-order valence-electron chi connectivity index (χ0n) is 12.7. The molecule has 0 spiro atoms. The van der Waals surface area contributed by atoms with Crippen LogP contribution in [-0.4, -0.2) is 42.0 Å². The summed E-state index contributed by atoms with van der Waals surface area (Å²) in [6.07, 6.45) is -12.5. The van der Waals surface area contributed by atoms with E-state index in [2.05, 4.69) is 4.74 Å². The SMILES string of the molecule is O=C(OC(=O)C(F)(F)C(F)(F)F)c1ccc(NC(=O)C(F)(F)C(F)(F)F)cc1. The topological polar surface area (TPSA) is 72.5 Å². The number of nitrogens with one attached hydrogen (secondary N) is 1. The van der Waals surface area contributed by atoms with Gasteiger partial charge >= 0.3 is 42.0 Å². The van der Waals surface area contributed by atoms with Crippen molar-refractivity contribution in [3.8, 4) is 0 Å². The predicted octanol–water partition coefficient (Wildman–Crippen LogP) is 3.70. The maximum absolute atomic E-state index is 12.8. The Kier molecular flexibility index (Phi) is 6.02. The summed E-state index contributed by atoms with van der Waals surface area (Å²) in [6.45, 7) is 0. The van der Waals surface area contributed by atoms with E-state index in [0.29, 0.717) is 24.3 Å². The van der Waals surface area contributed by atoms with Crippen LogP contribution in [0.15, 0.2) is 24.3 Å². The Morgan fingerprint density at radius 1 is 0.714 bits per heavy atom. The first-order valence-electron chi connectivity index (χ1n) is 6.48. The minimum Gasteiger partial charge on any atom is -0.385 e. The van der Waals surface area contributed by atoms with E-state index >= 15 is 0 Å². The van der Waals surface area contributed by atoms with Crippen LogP contribution in [0.4, 0.5) is 49.6 Å². The summed E-state index contributed by atoms with van der Waals surface area (Å²) < 4.78 is 126. The molecule has 0 aromatic heterocycles. The number of hydrogen-bond acceptors (Lipinski definition) is 4. The van der Waals surface area contributed by atoms with Crippen LogP contribution in [0.3, 0.4) is 0 Å². The summed E-state index contributed by atoms with van der Waals surface area (Å²) in [5, 5.41) is 1.14. The molecule has 0 aliphatic heterocycles. The maximum Gasteiger partial charge on any atom is 0.465 e. The molecule has 28 heavy (non-hydrogen) atoms. The molecule has 15 heteroatoms. The number of carbonyl (C=O) groups excluding carboxylic acids is 3. The first-order chi connectivity index (χ1) is 12.4. The van der Waals surface area contributed by atoms with Crippen LogP contribution in [-0.2, 0) is 14.3 Å². The fourth-order valence-corrected chi connectivity index (χ4v) is 1.35. The van der Waals surface area contributed by atoms with Crippen LogP contribution in [0.5, 0.6) is 0 Å². The number of alkyl halides is 10. The number of benzene rings is 1. The molecule has 0 bridgehead atoms. The monoisotopic (exact) mass is 429 g/mol. The van der Waals surface area contributed by atoms with Crippen molar-refractivity contribution in [2.75, 3.05) is 5.32 Å². The minimum atomic E-state index is -6.35. The number of rotatable bonds is 4. The summed E-state index contributed by atoms with van der Waals surface area (Å²) in [4.78, 5) is 33.0. The van der Waals surface area contributed by atoms with E-state index in [1.165, 1.54) is 0 Å². The third-order valence-electron chi connectivity index (χ3n) is 2.82. The van der Waals surface area contributed by atoms with Crippen molar-refractivity contribution in [1.29, 1.82) is 0 Å². The third kappa shape index (κ3) is 4.69. The first kappa shape index (κ1) is 23.2. The van der Waals surface area contributed by atoms with Gasteiger partial charge in [0.2, 0.25) is 0 Å². The number of ether oxygens (including phenoxy) is 1. The molecule has 0 saturated carbocycles. The fourth-order valence-electron chi connectivity index (χ4n) is 1.35. The van der Waals surface area contributed by atoms with E-state index in [9.17, 15) is 58.3 Å². The standard InChI is InChI=1S/C13H5F10NO4/c14-10(15,12(18,19)20)8(26)24-6-3-1-5(2-4-6)7(25)28-9(27)11(16,17)13(21,22)23/h1-4H,(H,24,26). The van der Waals surface area contributed by atoms with Crippen molar-refractivity contribution in [3.05, 3.63) is 29.8 Å². The van der Waals surface area contributed by atoms with Gasteiger partial charge in [0.25, 0.3) is 0 Å². The van der Waals surface area contributed by atoms with Crippen molar-refractivity contribution in [2.45, 2.75) is 24.2 Å². The maximum atomic E-state index is 12.8. The molecule has 0 unspecified atom stereocenters. The molecule has 0 fully saturated rings. The van der Waals surface area contributed by atoms with Gasteiger partial charge in [0.05, 0.1) is 5.56 Å². The summed E-state index contributed by atoms with van der Waals surface area (Å²) in [6, 6.07) is 2.02. The van der Waals surface area contributed by atoms with E-state index in [-0.39, 0.29) is 0 Å². The predicted molar refractivity (Wildman–Crippen MR) is 67.5 cm³/mol. The molecule has 1 rings (SSSR count). The molecule has 0 aliphatic rings. The van der Waals surface area contributed by atoms with E-state index in [0.717, 1.165) is 5.32 Å². The lowest BCUT2D eigenvalue weighted by Gasteiger charge is -2.18. The molecule has 0 saturated heterocycles. The molecular weight excluding hydrogens is 424 g/mol. The lowest BCUT2D eigenvalue weighted by Crippen LogP contribution is -2.47. The Hall–Kier alpha value is -2.87. The van der Waals surface area contributed by atoms with Crippen molar-refractivity contribution < 1.29 is 63.0 Å².